The van der Waals surface area contributed by atoms with Crippen LogP contribution in [0.2, 0.25) is 0 Å². The van der Waals surface area contributed by atoms with E-state index in [1.165, 1.54) is 44.6 Å². The molecule has 2 aromatic carbocycles. The van der Waals surface area contributed by atoms with Crippen LogP contribution >= 0.6 is 34.0 Å². The molecule has 0 spiro atoms. The fraction of sp³-hybridized carbons (Fsp3) is 0.556. The third kappa shape index (κ3) is 5.82. The lowest BCUT2D eigenvalue weighted by Crippen LogP contribution is -2.42. The van der Waals surface area contributed by atoms with Gasteiger partial charge in [-0.25, -0.2) is 0 Å². The summed E-state index contributed by atoms with van der Waals surface area (Å²) in [5.41, 5.74) is 4.71. The molecular weight excluding hydrogens is 512 g/mol. The largest absolute Gasteiger partial charge is 0.303 e. The van der Waals surface area contributed by atoms with Gasteiger partial charge in [-0.2, -0.15) is 0 Å². The van der Waals surface area contributed by atoms with Crippen LogP contribution in [-0.2, 0) is 0 Å². The first-order chi connectivity index (χ1) is 14.1. The number of rotatable bonds is 7. The molecule has 1 saturated heterocycles. The lowest BCUT2D eigenvalue weighted by molar-refractivity contribution is 0.129. The van der Waals surface area contributed by atoms with Crippen LogP contribution in [-0.4, -0.2) is 48.1 Å². The zero-order valence-electron chi connectivity index (χ0n) is 19.5. The second-order valence-corrected chi connectivity index (χ2v) is 9.66. The van der Waals surface area contributed by atoms with Crippen LogP contribution in [0.15, 0.2) is 54.6 Å². The van der Waals surface area contributed by atoms with Crippen LogP contribution in [0, 0.1) is 5.92 Å². The smallest absolute Gasteiger partial charge is 0.0138 e. The summed E-state index contributed by atoms with van der Waals surface area (Å²) < 4.78 is 0. The van der Waals surface area contributed by atoms with Crippen molar-refractivity contribution >= 4 is 34.0 Å². The van der Waals surface area contributed by atoms with E-state index >= 15 is 0 Å². The number of hydrogen-bond acceptors (Lipinski definition) is 2. The van der Waals surface area contributed by atoms with Crippen LogP contribution in [0.5, 0.6) is 0 Å². The average molecular weight is 552 g/mol. The Morgan fingerprint density at radius 1 is 0.871 bits per heavy atom. The first-order valence-corrected chi connectivity index (χ1v) is 11.7. The lowest BCUT2D eigenvalue weighted by atomic mass is 9.79. The van der Waals surface area contributed by atoms with Gasteiger partial charge >= 0.3 is 0 Å². The van der Waals surface area contributed by atoms with Crippen LogP contribution in [0.3, 0.4) is 0 Å². The van der Waals surface area contributed by atoms with Crippen molar-refractivity contribution in [1.82, 2.24) is 9.80 Å². The zero-order chi connectivity index (χ0) is 20.4. The predicted molar refractivity (Wildman–Crippen MR) is 144 cm³/mol. The van der Waals surface area contributed by atoms with Gasteiger partial charge in [0.05, 0.1) is 0 Å². The predicted octanol–water partition coefficient (Wildman–Crippen LogP) is 6.90. The topological polar surface area (TPSA) is 6.48 Å². The number of fused-ring (bicyclic) bond motifs is 3. The Morgan fingerprint density at radius 2 is 1.48 bits per heavy atom. The summed E-state index contributed by atoms with van der Waals surface area (Å²) in [6, 6.07) is 21.8. The number of benzene rings is 2. The molecule has 1 aliphatic carbocycles. The summed E-state index contributed by atoms with van der Waals surface area (Å²) in [5, 5.41) is 0. The van der Waals surface area contributed by atoms with Crippen molar-refractivity contribution in [2.24, 2.45) is 5.92 Å². The van der Waals surface area contributed by atoms with Crippen molar-refractivity contribution in [3.8, 4) is 0 Å². The summed E-state index contributed by atoms with van der Waals surface area (Å²) in [4.78, 5) is 5.38. The molecule has 0 radical (unpaired) electrons. The minimum atomic E-state index is 0. The summed E-state index contributed by atoms with van der Waals surface area (Å²) in [5.74, 6) is 2.01. The number of likely N-dealkylation sites (tertiary alicyclic amines) is 1. The molecule has 172 valence electrons. The number of hydrogen-bond donors (Lipinski definition) is 0. The van der Waals surface area contributed by atoms with E-state index in [2.05, 4.69) is 92.1 Å². The molecule has 31 heavy (non-hydrogen) atoms. The minimum absolute atomic E-state index is 0. The Balaban J connectivity index is 0.00000171. The minimum Gasteiger partial charge on any atom is -0.303 e. The van der Waals surface area contributed by atoms with Gasteiger partial charge in [0.2, 0.25) is 0 Å². The van der Waals surface area contributed by atoms with Crippen molar-refractivity contribution in [1.29, 1.82) is 0 Å². The Labute approximate surface area is 210 Å². The van der Waals surface area contributed by atoms with Crippen molar-refractivity contribution in [3.63, 3.8) is 0 Å². The standard InChI is InChI=1S/C27H38N2.2BrH/c1-20(2)29(21(3)4)17-10-16-28-18-15-24-23-13-8-9-14-25(23)27(26(24)19-28)22-11-6-5-7-12-22;;/h5-9,11-14,20-21,24,26-27H,10,15-19H2,1-4H3;2*1H/t24-,26-,27-;;/m0../s1. The maximum Gasteiger partial charge on any atom is 0.0138 e. The van der Waals surface area contributed by atoms with Gasteiger partial charge in [-0.05, 0) is 88.7 Å². The second-order valence-electron chi connectivity index (χ2n) is 9.66. The van der Waals surface area contributed by atoms with E-state index in [9.17, 15) is 0 Å². The number of piperidine rings is 1. The van der Waals surface area contributed by atoms with Crippen LogP contribution < -0.4 is 0 Å². The molecule has 3 atom stereocenters. The molecular formula is C27H40Br2N2. The third-order valence-electron chi connectivity index (χ3n) is 7.28. The van der Waals surface area contributed by atoms with Crippen LogP contribution in [0.1, 0.15) is 69.1 Å². The summed E-state index contributed by atoms with van der Waals surface area (Å²) in [6.07, 6.45) is 2.58. The van der Waals surface area contributed by atoms with Crippen LogP contribution in [0.25, 0.3) is 0 Å². The van der Waals surface area contributed by atoms with E-state index in [0.29, 0.717) is 18.0 Å². The molecule has 0 N–H and O–H groups in total. The van der Waals surface area contributed by atoms with E-state index in [-0.39, 0.29) is 34.0 Å². The van der Waals surface area contributed by atoms with E-state index in [0.717, 1.165) is 11.8 Å². The highest BCUT2D eigenvalue weighted by atomic mass is 79.9. The molecule has 0 unspecified atom stereocenters. The lowest BCUT2D eigenvalue weighted by Gasteiger charge is -2.38. The number of halogens is 2. The first kappa shape index (κ1) is 26.6. The molecule has 0 saturated carbocycles. The second kappa shape index (κ2) is 12.0. The molecule has 4 heteroatoms. The molecule has 1 fully saturated rings. The molecule has 4 rings (SSSR count). The highest BCUT2D eigenvalue weighted by Gasteiger charge is 2.43. The van der Waals surface area contributed by atoms with E-state index < -0.39 is 0 Å². The van der Waals surface area contributed by atoms with Crippen molar-refractivity contribution in [3.05, 3.63) is 71.3 Å². The maximum atomic E-state index is 2.75. The SMILES string of the molecule is Br.Br.CC(C)N(CCCN1CC[C@H]2c3ccccc3[C@H](c3ccccc3)[C@H]2C1)C(C)C. The van der Waals surface area contributed by atoms with Crippen molar-refractivity contribution in [2.45, 2.75) is 64.5 Å². The quantitative estimate of drug-likeness (QED) is 0.369. The van der Waals surface area contributed by atoms with E-state index in [1.807, 2.05) is 0 Å². The molecule has 2 nitrogen and oxygen atoms in total. The molecule has 0 amide bonds. The van der Waals surface area contributed by atoms with E-state index in [1.54, 1.807) is 11.1 Å². The normalized spacial score (nSPS) is 22.7. The van der Waals surface area contributed by atoms with Crippen molar-refractivity contribution < 1.29 is 0 Å². The molecule has 2 aromatic rings. The maximum absolute atomic E-state index is 2.75. The van der Waals surface area contributed by atoms with Crippen molar-refractivity contribution in [2.75, 3.05) is 26.2 Å². The monoisotopic (exact) mass is 550 g/mol. The molecule has 0 bridgehead atoms. The summed E-state index contributed by atoms with van der Waals surface area (Å²) >= 11 is 0. The molecule has 1 heterocycles. The average Bonchev–Trinajstić information content (AvgIpc) is 3.05. The van der Waals surface area contributed by atoms with Gasteiger partial charge < -0.3 is 4.90 Å². The zero-order valence-corrected chi connectivity index (χ0v) is 23.0. The third-order valence-corrected chi connectivity index (χ3v) is 7.28. The van der Waals surface area contributed by atoms with Gasteiger partial charge in [-0.3, -0.25) is 4.90 Å². The Bertz CT molecular complexity index is 785. The molecule has 1 aliphatic heterocycles. The Morgan fingerprint density at radius 3 is 2.13 bits per heavy atom. The number of nitrogens with zero attached hydrogens (tertiary/aromatic N) is 2. The van der Waals surface area contributed by atoms with Gasteiger partial charge in [0.1, 0.15) is 0 Å². The highest BCUT2D eigenvalue weighted by Crippen LogP contribution is 2.52. The first-order valence-electron chi connectivity index (χ1n) is 11.7. The molecule has 0 aromatic heterocycles. The van der Waals surface area contributed by atoms with Gasteiger partial charge in [0.25, 0.3) is 0 Å². The van der Waals surface area contributed by atoms with Gasteiger partial charge in [0.15, 0.2) is 0 Å². The van der Waals surface area contributed by atoms with E-state index in [4.69, 9.17) is 0 Å². The Hall–Kier alpha value is -0.680. The summed E-state index contributed by atoms with van der Waals surface area (Å²) in [7, 11) is 0. The fourth-order valence-electron chi connectivity index (χ4n) is 6.02. The van der Waals surface area contributed by atoms with Gasteiger partial charge in [0, 0.05) is 24.5 Å². The van der Waals surface area contributed by atoms with Gasteiger partial charge in [-0.15, -0.1) is 34.0 Å². The summed E-state index contributed by atoms with van der Waals surface area (Å²) in [6.45, 7) is 14.2. The molecule has 2 aliphatic rings. The highest BCUT2D eigenvalue weighted by molar-refractivity contribution is 8.93. The Kier molecular flexibility index (Phi) is 10.3. The van der Waals surface area contributed by atoms with Crippen LogP contribution in [0.4, 0.5) is 0 Å². The van der Waals surface area contributed by atoms with Gasteiger partial charge in [-0.1, -0.05) is 54.6 Å². The fourth-order valence-corrected chi connectivity index (χ4v) is 6.02.